The van der Waals surface area contributed by atoms with Crippen LogP contribution in [0, 0.1) is 0 Å². The number of benzene rings is 8. The maximum atomic E-state index is 6.50. The third-order valence-electron chi connectivity index (χ3n) is 9.44. The maximum Gasteiger partial charge on any atom is 0.227 e. The molecule has 230 valence electrons. The second-order valence-electron chi connectivity index (χ2n) is 12.4. The van der Waals surface area contributed by atoms with Gasteiger partial charge in [0.2, 0.25) is 5.89 Å². The summed E-state index contributed by atoms with van der Waals surface area (Å²) in [5.41, 5.74) is 9.51. The largest absolute Gasteiger partial charge is 0.456 e. The minimum absolute atomic E-state index is 0.593. The first-order valence-corrected chi connectivity index (χ1v) is 16.4. The van der Waals surface area contributed by atoms with Crippen molar-refractivity contribution in [2.24, 2.45) is 0 Å². The molecule has 0 unspecified atom stereocenters. The van der Waals surface area contributed by atoms with Gasteiger partial charge < -0.3 is 13.7 Å². The molecule has 8 aromatic carbocycles. The molecule has 0 radical (unpaired) electrons. The molecular formula is C45H28N2O2. The molecule has 2 aromatic heterocycles. The van der Waals surface area contributed by atoms with E-state index in [1.54, 1.807) is 0 Å². The topological polar surface area (TPSA) is 42.4 Å². The number of para-hydroxylation sites is 1. The number of oxazole rings is 1. The fourth-order valence-electron chi connectivity index (χ4n) is 7.04. The molecule has 0 fully saturated rings. The third-order valence-corrected chi connectivity index (χ3v) is 9.44. The van der Waals surface area contributed by atoms with Crippen LogP contribution < -0.4 is 4.90 Å². The molecule has 2 heterocycles. The van der Waals surface area contributed by atoms with Gasteiger partial charge in [-0.1, -0.05) is 103 Å². The van der Waals surface area contributed by atoms with E-state index in [1.807, 2.05) is 24.3 Å². The van der Waals surface area contributed by atoms with Gasteiger partial charge in [0.1, 0.15) is 16.7 Å². The normalized spacial score (nSPS) is 11.7. The van der Waals surface area contributed by atoms with E-state index in [0.717, 1.165) is 61.1 Å². The average Bonchev–Trinajstić information content (AvgIpc) is 3.75. The zero-order valence-corrected chi connectivity index (χ0v) is 26.4. The summed E-state index contributed by atoms with van der Waals surface area (Å²) < 4.78 is 12.9. The highest BCUT2D eigenvalue weighted by atomic mass is 16.4. The van der Waals surface area contributed by atoms with E-state index in [-0.39, 0.29) is 0 Å². The van der Waals surface area contributed by atoms with Crippen LogP contribution in [0.15, 0.2) is 179 Å². The Labute approximate surface area is 282 Å². The Morgan fingerprint density at radius 1 is 0.408 bits per heavy atom. The zero-order valence-electron chi connectivity index (χ0n) is 26.4. The van der Waals surface area contributed by atoms with Crippen molar-refractivity contribution in [1.29, 1.82) is 0 Å². The van der Waals surface area contributed by atoms with E-state index in [0.29, 0.717) is 5.89 Å². The van der Waals surface area contributed by atoms with Crippen LogP contribution in [0.4, 0.5) is 17.1 Å². The predicted octanol–water partition coefficient (Wildman–Crippen LogP) is 12.8. The van der Waals surface area contributed by atoms with E-state index in [9.17, 15) is 0 Å². The highest BCUT2D eigenvalue weighted by Gasteiger charge is 2.21. The monoisotopic (exact) mass is 628 g/mol. The summed E-state index contributed by atoms with van der Waals surface area (Å²) in [7, 11) is 0. The molecule has 0 aliphatic heterocycles. The SMILES string of the molecule is c1ccc(N(c2ccc(-c3ccc4ccccc4c3)cc2)c2cccc3oc4cc5nc(-c6ccc7ccccc7c6)oc5cc4c23)cc1. The van der Waals surface area contributed by atoms with Gasteiger partial charge in [0.15, 0.2) is 5.58 Å². The van der Waals surface area contributed by atoms with Crippen LogP contribution in [0.5, 0.6) is 0 Å². The Hall–Kier alpha value is -6.65. The maximum absolute atomic E-state index is 6.50. The molecule has 0 spiro atoms. The molecule has 0 N–H and O–H groups in total. The van der Waals surface area contributed by atoms with E-state index in [2.05, 4.69) is 150 Å². The summed E-state index contributed by atoms with van der Waals surface area (Å²) in [6, 6.07) is 59.3. The number of anilines is 3. The van der Waals surface area contributed by atoms with Crippen molar-refractivity contribution >= 4 is 71.6 Å². The minimum atomic E-state index is 0.593. The van der Waals surface area contributed by atoms with Gasteiger partial charge in [-0.15, -0.1) is 0 Å². The summed E-state index contributed by atoms with van der Waals surface area (Å²) in [5.74, 6) is 0.593. The summed E-state index contributed by atoms with van der Waals surface area (Å²) in [4.78, 5) is 7.17. The Balaban J connectivity index is 1.10. The number of aromatic nitrogens is 1. The molecule has 0 atom stereocenters. The van der Waals surface area contributed by atoms with Crippen molar-refractivity contribution in [1.82, 2.24) is 4.98 Å². The van der Waals surface area contributed by atoms with Crippen molar-refractivity contribution in [3.8, 4) is 22.6 Å². The predicted molar refractivity (Wildman–Crippen MR) is 202 cm³/mol. The van der Waals surface area contributed by atoms with Crippen molar-refractivity contribution < 1.29 is 8.83 Å². The average molecular weight is 629 g/mol. The van der Waals surface area contributed by atoms with Crippen molar-refractivity contribution in [3.05, 3.63) is 170 Å². The Morgan fingerprint density at radius 3 is 1.80 bits per heavy atom. The van der Waals surface area contributed by atoms with Crippen LogP contribution >= 0.6 is 0 Å². The molecule has 0 saturated carbocycles. The van der Waals surface area contributed by atoms with E-state index in [1.165, 1.54) is 27.3 Å². The molecule has 10 rings (SSSR count). The Bertz CT molecular complexity index is 2830. The number of hydrogen-bond acceptors (Lipinski definition) is 4. The molecule has 0 amide bonds. The first kappa shape index (κ1) is 27.5. The number of nitrogens with zero attached hydrogens (tertiary/aromatic N) is 2. The van der Waals surface area contributed by atoms with Gasteiger partial charge in [0, 0.05) is 28.4 Å². The number of furan rings is 1. The van der Waals surface area contributed by atoms with Crippen molar-refractivity contribution in [3.63, 3.8) is 0 Å². The molecule has 0 saturated heterocycles. The van der Waals surface area contributed by atoms with E-state index >= 15 is 0 Å². The van der Waals surface area contributed by atoms with Gasteiger partial charge in [-0.05, 0) is 93.3 Å². The summed E-state index contributed by atoms with van der Waals surface area (Å²) in [5, 5.41) is 6.81. The van der Waals surface area contributed by atoms with Gasteiger partial charge >= 0.3 is 0 Å². The highest BCUT2D eigenvalue weighted by molar-refractivity contribution is 6.15. The van der Waals surface area contributed by atoms with Gasteiger partial charge in [0.05, 0.1) is 11.1 Å². The molecule has 49 heavy (non-hydrogen) atoms. The summed E-state index contributed by atoms with van der Waals surface area (Å²) in [6.07, 6.45) is 0. The Morgan fingerprint density at radius 2 is 1.04 bits per heavy atom. The first-order chi connectivity index (χ1) is 24.2. The second kappa shape index (κ2) is 11.0. The smallest absolute Gasteiger partial charge is 0.227 e. The fraction of sp³-hybridized carbons (Fsp3) is 0. The molecule has 0 bridgehead atoms. The lowest BCUT2D eigenvalue weighted by molar-refractivity contribution is 0.620. The molecule has 10 aromatic rings. The van der Waals surface area contributed by atoms with Gasteiger partial charge in [-0.3, -0.25) is 0 Å². The summed E-state index contributed by atoms with van der Waals surface area (Å²) >= 11 is 0. The number of fused-ring (bicyclic) bond motifs is 6. The Kier molecular flexibility index (Phi) is 6.15. The van der Waals surface area contributed by atoms with Gasteiger partial charge in [-0.2, -0.15) is 0 Å². The number of hydrogen-bond donors (Lipinski definition) is 0. The summed E-state index contributed by atoms with van der Waals surface area (Å²) in [6.45, 7) is 0. The van der Waals surface area contributed by atoms with E-state index < -0.39 is 0 Å². The molecule has 4 heteroatoms. The van der Waals surface area contributed by atoms with Crippen LogP contribution in [0.2, 0.25) is 0 Å². The first-order valence-electron chi connectivity index (χ1n) is 16.4. The van der Waals surface area contributed by atoms with Crippen molar-refractivity contribution in [2.45, 2.75) is 0 Å². The lowest BCUT2D eigenvalue weighted by Crippen LogP contribution is -2.10. The van der Waals surface area contributed by atoms with Crippen LogP contribution in [0.25, 0.3) is 77.2 Å². The van der Waals surface area contributed by atoms with Crippen LogP contribution in [-0.4, -0.2) is 4.98 Å². The zero-order chi connectivity index (χ0) is 32.3. The van der Waals surface area contributed by atoms with Crippen LogP contribution in [0.1, 0.15) is 0 Å². The quantitative estimate of drug-likeness (QED) is 0.190. The number of rotatable bonds is 5. The second-order valence-corrected chi connectivity index (χ2v) is 12.4. The van der Waals surface area contributed by atoms with Gasteiger partial charge in [-0.25, -0.2) is 4.98 Å². The standard InChI is InChI=1S/C45H28N2O2/c1-2-13-36(14-3-1)47(37-23-21-31(22-24-37)34-19-17-29-9-4-6-11-32(29)25-34)40-15-8-16-41-44(40)38-27-43-39(28-42(38)48-41)46-45(49-43)35-20-18-30-10-5-7-12-33(30)26-35/h1-28H. The third kappa shape index (κ3) is 4.65. The molecular weight excluding hydrogens is 601 g/mol. The fourth-order valence-corrected chi connectivity index (χ4v) is 7.04. The van der Waals surface area contributed by atoms with Crippen LogP contribution in [0.3, 0.4) is 0 Å². The minimum Gasteiger partial charge on any atom is -0.456 e. The molecule has 4 nitrogen and oxygen atoms in total. The van der Waals surface area contributed by atoms with E-state index in [4.69, 9.17) is 13.8 Å². The molecule has 0 aliphatic carbocycles. The van der Waals surface area contributed by atoms with Crippen molar-refractivity contribution in [2.75, 3.05) is 4.90 Å². The molecule has 0 aliphatic rings. The van der Waals surface area contributed by atoms with Gasteiger partial charge in [0.25, 0.3) is 0 Å². The van der Waals surface area contributed by atoms with Crippen LogP contribution in [-0.2, 0) is 0 Å². The lowest BCUT2D eigenvalue weighted by atomic mass is 10.0. The lowest BCUT2D eigenvalue weighted by Gasteiger charge is -2.26. The highest BCUT2D eigenvalue weighted by Crippen LogP contribution is 2.44.